The number of benzene rings is 1. The van der Waals surface area contributed by atoms with E-state index < -0.39 is 28.4 Å². The highest BCUT2D eigenvalue weighted by Gasteiger charge is 2.43. The fourth-order valence-electron chi connectivity index (χ4n) is 2.12. The summed E-state index contributed by atoms with van der Waals surface area (Å²) >= 11 is 0. The second-order valence-electron chi connectivity index (χ2n) is 5.02. The zero-order valence-corrected chi connectivity index (χ0v) is 12.5. The summed E-state index contributed by atoms with van der Waals surface area (Å²) in [7, 11) is -2.74. The van der Waals surface area contributed by atoms with Crippen LogP contribution in [-0.4, -0.2) is 33.6 Å². The van der Waals surface area contributed by atoms with E-state index in [1.54, 1.807) is 13.8 Å². The molecule has 0 bridgehead atoms. The first kappa shape index (κ1) is 15.4. The van der Waals surface area contributed by atoms with Gasteiger partial charge in [0.05, 0.1) is 7.11 Å². The quantitative estimate of drug-likeness (QED) is 0.884. The van der Waals surface area contributed by atoms with Crippen molar-refractivity contribution < 1.29 is 22.1 Å². The Morgan fingerprint density at radius 1 is 1.25 bits per heavy atom. The van der Waals surface area contributed by atoms with Crippen LogP contribution in [0.15, 0.2) is 30.3 Å². The van der Waals surface area contributed by atoms with Crippen molar-refractivity contribution in [2.75, 3.05) is 7.11 Å². The van der Waals surface area contributed by atoms with Crippen molar-refractivity contribution in [3.63, 3.8) is 0 Å². The Morgan fingerprint density at radius 2 is 1.90 bits per heavy atom. The second-order valence-corrected chi connectivity index (χ2v) is 6.50. The molecule has 1 heterocycles. The zero-order valence-electron chi connectivity index (χ0n) is 11.7. The molecule has 1 N–H and O–H groups in total. The van der Waals surface area contributed by atoms with Gasteiger partial charge in [-0.05, 0) is 19.4 Å². The SMILES string of the molecule is COS(=O)(=O)N[C@H]1OC(C)(C)O[C@H]1Cc1ccccc1. The Bertz CT molecular complexity index is 543. The molecule has 1 aromatic carbocycles. The van der Waals surface area contributed by atoms with E-state index in [1.807, 2.05) is 30.3 Å². The van der Waals surface area contributed by atoms with E-state index >= 15 is 0 Å². The van der Waals surface area contributed by atoms with Crippen LogP contribution in [0.25, 0.3) is 0 Å². The molecular weight excluding hydrogens is 282 g/mol. The van der Waals surface area contributed by atoms with E-state index in [1.165, 1.54) is 0 Å². The Hall–Kier alpha value is -0.990. The molecule has 7 heteroatoms. The van der Waals surface area contributed by atoms with Crippen molar-refractivity contribution in [1.29, 1.82) is 0 Å². The summed E-state index contributed by atoms with van der Waals surface area (Å²) in [6.45, 7) is 3.48. The fourth-order valence-corrected chi connectivity index (χ4v) is 2.70. The second kappa shape index (κ2) is 5.79. The van der Waals surface area contributed by atoms with E-state index in [-0.39, 0.29) is 0 Å². The molecule has 0 aliphatic carbocycles. The summed E-state index contributed by atoms with van der Waals surface area (Å²) < 4.78 is 41.0. The van der Waals surface area contributed by atoms with Gasteiger partial charge in [0.2, 0.25) is 0 Å². The van der Waals surface area contributed by atoms with Crippen molar-refractivity contribution >= 4 is 10.3 Å². The monoisotopic (exact) mass is 301 g/mol. The molecule has 112 valence electrons. The molecule has 0 radical (unpaired) electrons. The summed E-state index contributed by atoms with van der Waals surface area (Å²) in [4.78, 5) is 0. The maximum atomic E-state index is 11.5. The van der Waals surface area contributed by atoms with Crippen molar-refractivity contribution in [3.8, 4) is 0 Å². The van der Waals surface area contributed by atoms with Crippen LogP contribution < -0.4 is 4.72 Å². The first-order valence-electron chi connectivity index (χ1n) is 6.29. The highest BCUT2D eigenvalue weighted by Crippen LogP contribution is 2.29. The van der Waals surface area contributed by atoms with E-state index in [0.29, 0.717) is 6.42 Å². The van der Waals surface area contributed by atoms with Gasteiger partial charge in [-0.2, -0.15) is 13.1 Å². The molecule has 20 heavy (non-hydrogen) atoms. The van der Waals surface area contributed by atoms with Crippen LogP contribution in [0.4, 0.5) is 0 Å². The lowest BCUT2D eigenvalue weighted by Gasteiger charge is -2.17. The highest BCUT2D eigenvalue weighted by atomic mass is 32.2. The summed E-state index contributed by atoms with van der Waals surface area (Å²) in [5.74, 6) is -0.847. The maximum Gasteiger partial charge on any atom is 0.337 e. The van der Waals surface area contributed by atoms with Crippen molar-refractivity contribution in [3.05, 3.63) is 35.9 Å². The number of nitrogens with one attached hydrogen (secondary N) is 1. The van der Waals surface area contributed by atoms with Crippen LogP contribution in [-0.2, 0) is 30.4 Å². The number of rotatable bonds is 5. The average Bonchev–Trinajstić information content (AvgIpc) is 2.64. The van der Waals surface area contributed by atoms with Crippen LogP contribution in [0, 0.1) is 0 Å². The summed E-state index contributed by atoms with van der Waals surface area (Å²) in [5.41, 5.74) is 1.04. The first-order valence-corrected chi connectivity index (χ1v) is 7.69. The minimum Gasteiger partial charge on any atom is -0.343 e. The number of hydrogen-bond acceptors (Lipinski definition) is 5. The predicted octanol–water partition coefficient (Wildman–Crippen LogP) is 1.19. The van der Waals surface area contributed by atoms with Gasteiger partial charge in [-0.25, -0.2) is 0 Å². The fraction of sp³-hybridized carbons (Fsp3) is 0.538. The Kier molecular flexibility index (Phi) is 4.46. The Balaban J connectivity index is 2.12. The maximum absolute atomic E-state index is 11.5. The Labute approximate surface area is 119 Å². The minimum atomic E-state index is -3.83. The van der Waals surface area contributed by atoms with Crippen molar-refractivity contribution in [2.45, 2.75) is 38.4 Å². The van der Waals surface area contributed by atoms with Gasteiger partial charge < -0.3 is 9.47 Å². The van der Waals surface area contributed by atoms with E-state index in [2.05, 4.69) is 8.91 Å². The molecule has 0 unspecified atom stereocenters. The Morgan fingerprint density at radius 3 is 2.50 bits per heavy atom. The smallest absolute Gasteiger partial charge is 0.337 e. The van der Waals surface area contributed by atoms with Gasteiger partial charge in [0, 0.05) is 6.42 Å². The van der Waals surface area contributed by atoms with Crippen molar-refractivity contribution in [1.82, 2.24) is 4.72 Å². The third kappa shape index (κ3) is 4.00. The number of ether oxygens (including phenoxy) is 2. The first-order chi connectivity index (χ1) is 9.31. The molecule has 1 fully saturated rings. The van der Waals surface area contributed by atoms with Gasteiger partial charge in [-0.15, -0.1) is 0 Å². The van der Waals surface area contributed by atoms with Gasteiger partial charge in [0.25, 0.3) is 0 Å². The molecule has 1 aromatic rings. The highest BCUT2D eigenvalue weighted by molar-refractivity contribution is 7.84. The lowest BCUT2D eigenvalue weighted by molar-refractivity contribution is -0.146. The van der Waals surface area contributed by atoms with Crippen molar-refractivity contribution in [2.24, 2.45) is 0 Å². The lowest BCUT2D eigenvalue weighted by Crippen LogP contribution is -2.42. The molecule has 2 rings (SSSR count). The van der Waals surface area contributed by atoms with Crippen LogP contribution in [0.3, 0.4) is 0 Å². The standard InChI is InChI=1S/C13H19NO5S/c1-13(2)18-11(9-10-7-5-4-6-8-10)12(19-13)14-20(15,16)17-3/h4-8,11-12,14H,9H2,1-3H3/t11-,12-/m0/s1. The van der Waals surface area contributed by atoms with Gasteiger partial charge in [-0.1, -0.05) is 30.3 Å². The molecule has 1 saturated heterocycles. The van der Waals surface area contributed by atoms with Gasteiger partial charge in [0.15, 0.2) is 12.0 Å². The van der Waals surface area contributed by atoms with E-state index in [4.69, 9.17) is 9.47 Å². The molecule has 6 nitrogen and oxygen atoms in total. The van der Waals surface area contributed by atoms with E-state index in [0.717, 1.165) is 12.7 Å². The molecule has 0 aromatic heterocycles. The average molecular weight is 301 g/mol. The van der Waals surface area contributed by atoms with Gasteiger partial charge in [-0.3, -0.25) is 4.18 Å². The molecule has 1 aliphatic heterocycles. The summed E-state index contributed by atoms with van der Waals surface area (Å²) in [5, 5.41) is 0. The molecule has 0 saturated carbocycles. The van der Waals surface area contributed by atoms with Gasteiger partial charge in [0.1, 0.15) is 6.10 Å². The summed E-state index contributed by atoms with van der Waals surface area (Å²) in [6.07, 6.45) is -0.659. The molecule has 0 spiro atoms. The van der Waals surface area contributed by atoms with Crippen LogP contribution in [0.1, 0.15) is 19.4 Å². The number of hydrogen-bond donors (Lipinski definition) is 1. The molecular formula is C13H19NO5S. The molecule has 2 atom stereocenters. The lowest BCUT2D eigenvalue weighted by atomic mass is 10.1. The predicted molar refractivity (Wildman–Crippen MR) is 73.0 cm³/mol. The third-order valence-electron chi connectivity index (χ3n) is 2.94. The zero-order chi connectivity index (χ0) is 14.8. The van der Waals surface area contributed by atoms with Gasteiger partial charge >= 0.3 is 10.3 Å². The normalized spacial score (nSPS) is 25.8. The van der Waals surface area contributed by atoms with Crippen LogP contribution >= 0.6 is 0 Å². The summed E-state index contributed by atoms with van der Waals surface area (Å²) in [6, 6.07) is 9.67. The third-order valence-corrected chi connectivity index (χ3v) is 3.90. The van der Waals surface area contributed by atoms with E-state index in [9.17, 15) is 8.42 Å². The largest absolute Gasteiger partial charge is 0.343 e. The van der Waals surface area contributed by atoms with Crippen LogP contribution in [0.2, 0.25) is 0 Å². The van der Waals surface area contributed by atoms with Crippen LogP contribution in [0.5, 0.6) is 0 Å². The molecule has 1 aliphatic rings. The minimum absolute atomic E-state index is 0.419. The topological polar surface area (TPSA) is 73.9 Å². The molecule has 0 amide bonds.